The van der Waals surface area contributed by atoms with Crippen LogP contribution in [0.25, 0.3) is 11.0 Å². The fraction of sp³-hybridized carbons (Fsp3) is 0.435. The van der Waals surface area contributed by atoms with Crippen LogP contribution >= 0.6 is 0 Å². The summed E-state index contributed by atoms with van der Waals surface area (Å²) in [5, 5.41) is 7.26. The van der Waals surface area contributed by atoms with Crippen LogP contribution in [0.15, 0.2) is 24.3 Å². The Hall–Kier alpha value is -3.34. The second-order valence-electron chi connectivity index (χ2n) is 8.56. The van der Waals surface area contributed by atoms with Gasteiger partial charge in [0.25, 0.3) is 5.91 Å². The van der Waals surface area contributed by atoms with Gasteiger partial charge >= 0.3 is 6.18 Å². The van der Waals surface area contributed by atoms with Crippen LogP contribution in [0.5, 0.6) is 5.88 Å². The summed E-state index contributed by atoms with van der Waals surface area (Å²) in [6.07, 6.45) is -4.62. The van der Waals surface area contributed by atoms with Gasteiger partial charge in [-0.25, -0.2) is 9.67 Å². The maximum absolute atomic E-state index is 13.8. The number of carbonyl (C=O) groups excluding carboxylic acids is 1. The van der Waals surface area contributed by atoms with Gasteiger partial charge in [0.15, 0.2) is 12.3 Å². The highest BCUT2D eigenvalue weighted by atomic mass is 19.4. The van der Waals surface area contributed by atoms with Gasteiger partial charge in [-0.05, 0) is 50.7 Å². The highest BCUT2D eigenvalue weighted by molar-refractivity contribution is 5.93. The quantitative estimate of drug-likeness (QED) is 0.609. The number of aryl methyl sites for hydroxylation is 3. The van der Waals surface area contributed by atoms with Gasteiger partial charge in [0, 0.05) is 44.6 Å². The molecular weight excluding hydrogens is 449 g/mol. The molecule has 11 heteroatoms. The Morgan fingerprint density at radius 3 is 2.50 bits per heavy atom. The summed E-state index contributed by atoms with van der Waals surface area (Å²) in [7, 11) is 3.69. The van der Waals surface area contributed by atoms with Crippen molar-refractivity contribution in [3.05, 3.63) is 41.1 Å². The van der Waals surface area contributed by atoms with Crippen molar-refractivity contribution >= 4 is 28.3 Å². The van der Waals surface area contributed by atoms with E-state index in [1.807, 2.05) is 31.9 Å². The molecule has 1 aliphatic heterocycles. The summed E-state index contributed by atoms with van der Waals surface area (Å²) < 4.78 is 48.5. The van der Waals surface area contributed by atoms with E-state index in [4.69, 9.17) is 4.74 Å². The Morgan fingerprint density at radius 2 is 1.82 bits per heavy atom. The molecule has 1 saturated heterocycles. The number of pyridine rings is 1. The highest BCUT2D eigenvalue weighted by Gasteiger charge is 2.35. The van der Waals surface area contributed by atoms with Gasteiger partial charge in [0.2, 0.25) is 5.88 Å². The Labute approximate surface area is 195 Å². The standard InChI is InChI=1S/C23H27F3N6O2/c1-14-11-15(2)27-21-20(14)22(29-31(21)4)34-13-19(33)28-18-6-5-16(12-17(18)23(24,25)26)32-9-7-30(3)8-10-32/h5-6,11-12H,7-10,13H2,1-4H3,(H,28,33). The molecule has 4 rings (SSSR count). The fourth-order valence-corrected chi connectivity index (χ4v) is 4.11. The van der Waals surface area contributed by atoms with Gasteiger partial charge in [0.1, 0.15) is 0 Å². The number of nitrogens with one attached hydrogen (secondary N) is 1. The number of aromatic nitrogens is 3. The van der Waals surface area contributed by atoms with Crippen molar-refractivity contribution in [2.24, 2.45) is 7.05 Å². The number of ether oxygens (including phenoxy) is 1. The van der Waals surface area contributed by atoms with Crippen LogP contribution in [-0.4, -0.2) is 65.4 Å². The summed E-state index contributed by atoms with van der Waals surface area (Å²) in [5.74, 6) is -0.506. The molecule has 8 nitrogen and oxygen atoms in total. The summed E-state index contributed by atoms with van der Waals surface area (Å²) in [5.41, 5.74) is 1.58. The SMILES string of the molecule is Cc1cc(C)c2c(OCC(=O)Nc3ccc(N4CCN(C)CC4)cc3C(F)(F)F)nn(C)c2n1. The van der Waals surface area contributed by atoms with Gasteiger partial charge < -0.3 is 19.9 Å². The smallest absolute Gasteiger partial charge is 0.418 e. The third kappa shape index (κ3) is 4.93. The molecule has 3 heterocycles. The number of hydrogen-bond donors (Lipinski definition) is 1. The Kier molecular flexibility index (Phi) is 6.39. The average Bonchev–Trinajstić information content (AvgIpc) is 3.08. The number of halogens is 3. The minimum absolute atomic E-state index is 0.208. The van der Waals surface area contributed by atoms with E-state index in [2.05, 4.69) is 20.3 Å². The number of alkyl halides is 3. The minimum atomic E-state index is -4.62. The third-order valence-corrected chi connectivity index (χ3v) is 5.88. The number of anilines is 2. The number of carbonyl (C=O) groups is 1. The summed E-state index contributed by atoms with van der Waals surface area (Å²) in [6, 6.07) is 5.85. The Morgan fingerprint density at radius 1 is 1.12 bits per heavy atom. The van der Waals surface area contributed by atoms with Gasteiger partial charge in [-0.2, -0.15) is 13.2 Å². The molecule has 1 N–H and O–H groups in total. The van der Waals surface area contributed by atoms with Crippen molar-refractivity contribution in [2.75, 3.05) is 50.1 Å². The van der Waals surface area contributed by atoms with Crippen LogP contribution in [0.1, 0.15) is 16.8 Å². The second kappa shape index (κ2) is 9.13. The number of hydrogen-bond acceptors (Lipinski definition) is 6. The molecule has 3 aromatic rings. The summed E-state index contributed by atoms with van der Waals surface area (Å²) >= 11 is 0. The number of amides is 1. The minimum Gasteiger partial charge on any atom is -0.466 e. The van der Waals surface area contributed by atoms with Crippen LogP contribution < -0.4 is 15.0 Å². The first kappa shape index (κ1) is 23.8. The molecule has 0 unspecified atom stereocenters. The molecular formula is C23H27F3N6O2. The topological polar surface area (TPSA) is 75.5 Å². The van der Waals surface area contributed by atoms with Gasteiger partial charge in [-0.15, -0.1) is 5.10 Å². The van der Waals surface area contributed by atoms with Crippen molar-refractivity contribution in [3.63, 3.8) is 0 Å². The van der Waals surface area contributed by atoms with Crippen molar-refractivity contribution in [1.29, 1.82) is 0 Å². The predicted molar refractivity (Wildman–Crippen MR) is 123 cm³/mol. The molecule has 0 radical (unpaired) electrons. The molecule has 1 fully saturated rings. The Balaban J connectivity index is 1.50. The van der Waals surface area contributed by atoms with Crippen LogP contribution in [-0.2, 0) is 18.0 Å². The molecule has 0 spiro atoms. The lowest BCUT2D eigenvalue weighted by Crippen LogP contribution is -2.44. The number of likely N-dealkylation sites (N-methyl/N-ethyl adjacent to an activating group) is 1. The number of rotatable bonds is 5. The molecule has 34 heavy (non-hydrogen) atoms. The van der Waals surface area contributed by atoms with E-state index < -0.39 is 24.3 Å². The molecule has 2 aromatic heterocycles. The zero-order valence-electron chi connectivity index (χ0n) is 19.5. The first-order chi connectivity index (χ1) is 16.0. The van der Waals surface area contributed by atoms with Crippen molar-refractivity contribution in [1.82, 2.24) is 19.7 Å². The number of piperazine rings is 1. The number of nitrogens with zero attached hydrogens (tertiary/aromatic N) is 5. The van der Waals surface area contributed by atoms with Crippen molar-refractivity contribution in [3.8, 4) is 5.88 Å². The zero-order chi connectivity index (χ0) is 24.6. The normalized spacial score (nSPS) is 15.1. The van der Waals surface area contributed by atoms with E-state index >= 15 is 0 Å². The van der Waals surface area contributed by atoms with Crippen LogP contribution in [0.3, 0.4) is 0 Å². The largest absolute Gasteiger partial charge is 0.466 e. The lowest BCUT2D eigenvalue weighted by molar-refractivity contribution is -0.137. The molecule has 0 aliphatic carbocycles. The molecule has 0 atom stereocenters. The third-order valence-electron chi connectivity index (χ3n) is 5.88. The van der Waals surface area contributed by atoms with Crippen molar-refractivity contribution < 1.29 is 22.7 Å². The van der Waals surface area contributed by atoms with Crippen LogP contribution in [0, 0.1) is 13.8 Å². The summed E-state index contributed by atoms with van der Waals surface area (Å²) in [6.45, 7) is 6.07. The van der Waals surface area contributed by atoms with E-state index in [9.17, 15) is 18.0 Å². The van der Waals surface area contributed by atoms with Gasteiger partial charge in [-0.1, -0.05) is 0 Å². The number of fused-ring (bicyclic) bond motifs is 1. The monoisotopic (exact) mass is 476 g/mol. The first-order valence-corrected chi connectivity index (χ1v) is 10.9. The average molecular weight is 477 g/mol. The van der Waals surface area contributed by atoms with Crippen LogP contribution in [0.4, 0.5) is 24.5 Å². The van der Waals surface area contributed by atoms with Crippen molar-refractivity contribution in [2.45, 2.75) is 20.0 Å². The van der Waals surface area contributed by atoms with Crippen LogP contribution in [0.2, 0.25) is 0 Å². The predicted octanol–water partition coefficient (Wildman–Crippen LogP) is 3.37. The van der Waals surface area contributed by atoms with Gasteiger partial charge in [-0.3, -0.25) is 4.79 Å². The lowest BCUT2D eigenvalue weighted by Gasteiger charge is -2.34. The zero-order valence-corrected chi connectivity index (χ0v) is 19.5. The van der Waals surface area contributed by atoms with Gasteiger partial charge in [0.05, 0.1) is 16.6 Å². The summed E-state index contributed by atoms with van der Waals surface area (Å²) in [4.78, 5) is 21.0. The molecule has 0 bridgehead atoms. The molecule has 1 amide bonds. The van der Waals surface area contributed by atoms with E-state index in [0.717, 1.165) is 30.4 Å². The second-order valence-corrected chi connectivity index (χ2v) is 8.56. The lowest BCUT2D eigenvalue weighted by atomic mass is 10.1. The Bertz CT molecular complexity index is 1220. The molecule has 1 aliphatic rings. The first-order valence-electron chi connectivity index (χ1n) is 10.9. The molecule has 1 aromatic carbocycles. The maximum atomic E-state index is 13.8. The number of benzene rings is 1. The maximum Gasteiger partial charge on any atom is 0.418 e. The highest BCUT2D eigenvalue weighted by Crippen LogP contribution is 2.37. The van der Waals surface area contributed by atoms with E-state index in [1.165, 1.54) is 6.07 Å². The van der Waals surface area contributed by atoms with E-state index in [-0.39, 0.29) is 11.6 Å². The van der Waals surface area contributed by atoms with E-state index in [0.29, 0.717) is 29.8 Å². The molecule has 0 saturated carbocycles. The fourth-order valence-electron chi connectivity index (χ4n) is 4.11. The van der Waals surface area contributed by atoms with E-state index in [1.54, 1.807) is 17.8 Å². The molecule has 182 valence electrons.